The third kappa shape index (κ3) is 3.55. The fourth-order valence-corrected chi connectivity index (χ4v) is 4.11. The summed E-state index contributed by atoms with van der Waals surface area (Å²) in [5.74, 6) is 0.00189. The van der Waals surface area contributed by atoms with E-state index in [4.69, 9.17) is 29.6 Å². The summed E-state index contributed by atoms with van der Waals surface area (Å²) < 4.78 is 0.609. The van der Waals surface area contributed by atoms with Gasteiger partial charge in [-0.1, -0.05) is 23.8 Å². The Hall–Kier alpha value is -0.300. The molecule has 1 heterocycles. The lowest BCUT2D eigenvalue weighted by Crippen LogP contribution is -2.50. The molecule has 0 atom stereocenters. The van der Waals surface area contributed by atoms with Crippen LogP contribution in [-0.4, -0.2) is 39.9 Å². The second kappa shape index (κ2) is 6.86. The van der Waals surface area contributed by atoms with Crippen LogP contribution in [0.15, 0.2) is 22.7 Å². The highest BCUT2D eigenvalue weighted by Gasteiger charge is 2.38. The number of rotatable bonds is 3. The van der Waals surface area contributed by atoms with Gasteiger partial charge in [0.2, 0.25) is 0 Å². The van der Waals surface area contributed by atoms with Gasteiger partial charge in [0.05, 0.1) is 14.8 Å². The standard InChI is InChI=1S/C14H16BrClN2OS2/c1-21-14(13(17)20)4-6-18(7-5-14)12(19)9-2-3-10(15)11(16)8-9/h2-3,8H,4-7H2,1H3,(H2,17,20). The number of carbonyl (C=O) groups excluding carboxylic acids is 1. The van der Waals surface area contributed by atoms with Crippen LogP contribution in [-0.2, 0) is 0 Å². The van der Waals surface area contributed by atoms with Gasteiger partial charge >= 0.3 is 0 Å². The Labute approximate surface area is 147 Å². The van der Waals surface area contributed by atoms with Crippen molar-refractivity contribution in [3.63, 3.8) is 0 Å². The van der Waals surface area contributed by atoms with Crippen molar-refractivity contribution in [2.75, 3.05) is 19.3 Å². The molecule has 1 aliphatic heterocycles. The average Bonchev–Trinajstić information content (AvgIpc) is 2.49. The van der Waals surface area contributed by atoms with Crippen LogP contribution in [0.4, 0.5) is 0 Å². The summed E-state index contributed by atoms with van der Waals surface area (Å²) in [6.45, 7) is 1.31. The maximum absolute atomic E-state index is 12.5. The number of amides is 1. The van der Waals surface area contributed by atoms with Gasteiger partial charge < -0.3 is 10.6 Å². The Morgan fingerprint density at radius 1 is 1.48 bits per heavy atom. The number of carbonyl (C=O) groups is 1. The zero-order valence-corrected chi connectivity index (χ0v) is 15.5. The van der Waals surface area contributed by atoms with Crippen molar-refractivity contribution in [2.45, 2.75) is 17.6 Å². The molecule has 3 nitrogen and oxygen atoms in total. The molecular formula is C14H16BrClN2OS2. The first-order valence-corrected chi connectivity index (χ1v) is 9.29. The number of thioether (sulfide) groups is 1. The second-order valence-corrected chi connectivity index (χ2v) is 7.87. The Morgan fingerprint density at radius 2 is 2.10 bits per heavy atom. The first-order valence-electron chi connectivity index (χ1n) is 6.49. The van der Waals surface area contributed by atoms with E-state index < -0.39 is 0 Å². The molecule has 0 aromatic heterocycles. The minimum Gasteiger partial charge on any atom is -0.392 e. The van der Waals surface area contributed by atoms with Gasteiger partial charge in [0.25, 0.3) is 5.91 Å². The third-order valence-electron chi connectivity index (χ3n) is 3.86. The van der Waals surface area contributed by atoms with Crippen LogP contribution in [0.2, 0.25) is 5.02 Å². The van der Waals surface area contributed by atoms with Crippen molar-refractivity contribution in [1.29, 1.82) is 0 Å². The summed E-state index contributed by atoms with van der Waals surface area (Å²) in [4.78, 5) is 14.9. The molecule has 1 aliphatic rings. The van der Waals surface area contributed by atoms with Crippen LogP contribution in [0.3, 0.4) is 0 Å². The van der Waals surface area contributed by atoms with Crippen molar-refractivity contribution < 1.29 is 4.79 Å². The number of piperidine rings is 1. The summed E-state index contributed by atoms with van der Waals surface area (Å²) in [5.41, 5.74) is 6.47. The van der Waals surface area contributed by atoms with E-state index in [1.54, 1.807) is 30.0 Å². The maximum Gasteiger partial charge on any atom is 0.253 e. The molecule has 0 bridgehead atoms. The summed E-state index contributed by atoms with van der Waals surface area (Å²) in [5, 5.41) is 0.541. The van der Waals surface area contributed by atoms with E-state index in [0.29, 0.717) is 28.7 Å². The molecule has 1 aromatic carbocycles. The summed E-state index contributed by atoms with van der Waals surface area (Å²) in [6, 6.07) is 5.26. The van der Waals surface area contributed by atoms with Crippen LogP contribution in [0.1, 0.15) is 23.2 Å². The average molecular weight is 408 g/mol. The quantitative estimate of drug-likeness (QED) is 0.776. The second-order valence-electron chi connectivity index (χ2n) is 4.98. The maximum atomic E-state index is 12.5. The predicted molar refractivity (Wildman–Crippen MR) is 97.3 cm³/mol. The monoisotopic (exact) mass is 406 g/mol. The predicted octanol–water partition coefficient (Wildman–Crippen LogP) is 3.73. The van der Waals surface area contributed by atoms with E-state index >= 15 is 0 Å². The molecule has 7 heteroatoms. The van der Waals surface area contributed by atoms with E-state index in [1.165, 1.54) is 0 Å². The van der Waals surface area contributed by atoms with Crippen molar-refractivity contribution in [1.82, 2.24) is 4.90 Å². The number of hydrogen-bond donors (Lipinski definition) is 1. The number of benzene rings is 1. The van der Waals surface area contributed by atoms with Gasteiger partial charge in [-0.15, -0.1) is 0 Å². The molecule has 0 spiro atoms. The number of halogens is 2. The summed E-state index contributed by atoms with van der Waals surface area (Å²) in [7, 11) is 0. The Bertz CT molecular complexity index is 574. The molecule has 0 aliphatic carbocycles. The van der Waals surface area contributed by atoms with Crippen LogP contribution >= 0.6 is 51.5 Å². The zero-order valence-electron chi connectivity index (χ0n) is 11.6. The molecule has 0 radical (unpaired) electrons. The number of likely N-dealkylation sites (tertiary alicyclic amines) is 1. The fourth-order valence-electron chi connectivity index (χ4n) is 2.43. The molecule has 0 unspecified atom stereocenters. The summed E-state index contributed by atoms with van der Waals surface area (Å²) in [6.07, 6.45) is 3.60. The molecule has 1 saturated heterocycles. The van der Waals surface area contributed by atoms with Gasteiger partial charge in [-0.25, -0.2) is 0 Å². The normalized spacial score (nSPS) is 17.6. The highest BCUT2D eigenvalue weighted by atomic mass is 79.9. The lowest BCUT2D eigenvalue weighted by atomic mass is 9.95. The fraction of sp³-hybridized carbons (Fsp3) is 0.429. The molecule has 1 amide bonds. The first-order chi connectivity index (χ1) is 9.89. The molecule has 2 N–H and O–H groups in total. The van der Waals surface area contributed by atoms with E-state index in [9.17, 15) is 4.79 Å². The topological polar surface area (TPSA) is 46.3 Å². The zero-order chi connectivity index (χ0) is 15.6. The lowest BCUT2D eigenvalue weighted by Gasteiger charge is -2.40. The summed E-state index contributed by atoms with van der Waals surface area (Å²) >= 11 is 16.2. The molecule has 1 aromatic rings. The van der Waals surface area contributed by atoms with Gasteiger partial charge in [-0.2, -0.15) is 11.8 Å². The van der Waals surface area contributed by atoms with E-state index in [0.717, 1.165) is 17.3 Å². The minimum atomic E-state index is -0.177. The molecular weight excluding hydrogens is 392 g/mol. The van der Waals surface area contributed by atoms with Gasteiger partial charge in [0, 0.05) is 23.1 Å². The van der Waals surface area contributed by atoms with Crippen LogP contribution in [0, 0.1) is 0 Å². The Morgan fingerprint density at radius 3 is 2.57 bits per heavy atom. The van der Waals surface area contributed by atoms with Crippen LogP contribution in [0.25, 0.3) is 0 Å². The number of nitrogens with zero attached hydrogens (tertiary/aromatic N) is 1. The van der Waals surface area contributed by atoms with Gasteiger partial charge in [-0.05, 0) is 53.2 Å². The lowest BCUT2D eigenvalue weighted by molar-refractivity contribution is 0.0719. The largest absolute Gasteiger partial charge is 0.392 e. The van der Waals surface area contributed by atoms with Crippen molar-refractivity contribution in [3.8, 4) is 0 Å². The molecule has 0 saturated carbocycles. The number of thiocarbonyl (C=S) groups is 1. The van der Waals surface area contributed by atoms with Crippen molar-refractivity contribution in [2.24, 2.45) is 5.73 Å². The molecule has 21 heavy (non-hydrogen) atoms. The molecule has 1 fully saturated rings. The first kappa shape index (κ1) is 17.1. The smallest absolute Gasteiger partial charge is 0.253 e. The van der Waals surface area contributed by atoms with Crippen molar-refractivity contribution >= 4 is 62.4 Å². The minimum absolute atomic E-state index is 0.00189. The van der Waals surface area contributed by atoms with Crippen molar-refractivity contribution in [3.05, 3.63) is 33.3 Å². The van der Waals surface area contributed by atoms with Crippen LogP contribution < -0.4 is 5.73 Å². The number of nitrogens with two attached hydrogens (primary N) is 1. The highest BCUT2D eigenvalue weighted by molar-refractivity contribution is 9.10. The van der Waals surface area contributed by atoms with Crippen LogP contribution in [0.5, 0.6) is 0 Å². The number of hydrogen-bond acceptors (Lipinski definition) is 3. The SMILES string of the molecule is CSC1(C(N)=S)CCN(C(=O)c2ccc(Br)c(Cl)c2)CC1. The molecule has 2 rings (SSSR count). The van der Waals surface area contributed by atoms with Gasteiger partial charge in [0.15, 0.2) is 0 Å². The van der Waals surface area contributed by atoms with E-state index in [1.807, 2.05) is 11.2 Å². The Kier molecular flexibility index (Phi) is 5.57. The van der Waals surface area contributed by atoms with E-state index in [-0.39, 0.29) is 10.7 Å². The highest BCUT2D eigenvalue weighted by Crippen LogP contribution is 2.35. The Balaban J connectivity index is 2.09. The van der Waals surface area contributed by atoms with E-state index in [2.05, 4.69) is 15.9 Å². The van der Waals surface area contributed by atoms with Gasteiger partial charge in [0.1, 0.15) is 0 Å². The molecule has 114 valence electrons. The third-order valence-corrected chi connectivity index (χ3v) is 7.03. The van der Waals surface area contributed by atoms with Gasteiger partial charge in [-0.3, -0.25) is 4.79 Å².